The Kier molecular flexibility index (Phi) is 9.67. The van der Waals surface area contributed by atoms with Crippen LogP contribution in [0.25, 0.3) is 0 Å². The molecule has 2 N–H and O–H groups in total. The van der Waals surface area contributed by atoms with Crippen molar-refractivity contribution in [1.82, 2.24) is 10.4 Å². The predicted molar refractivity (Wildman–Crippen MR) is 111 cm³/mol. The number of carbonyl (C=O) groups is 4. The van der Waals surface area contributed by atoms with Gasteiger partial charge in [0.15, 0.2) is 5.78 Å². The zero-order valence-electron chi connectivity index (χ0n) is 17.6. The largest absolute Gasteiger partial charge is 0.346 e. The van der Waals surface area contributed by atoms with Gasteiger partial charge in [-0.15, -0.1) is 0 Å². The molecular formula is C23H32N2O5. The molecular weight excluding hydrogens is 384 g/mol. The molecule has 7 heteroatoms. The first kappa shape index (κ1) is 23.7. The van der Waals surface area contributed by atoms with Crippen molar-refractivity contribution in [3.63, 3.8) is 0 Å². The van der Waals surface area contributed by atoms with E-state index in [-0.39, 0.29) is 23.8 Å². The Labute approximate surface area is 177 Å². The lowest BCUT2D eigenvalue weighted by molar-refractivity contribution is -0.172. The van der Waals surface area contributed by atoms with Crippen molar-refractivity contribution in [1.29, 1.82) is 0 Å². The van der Waals surface area contributed by atoms with Crippen LogP contribution in [0.1, 0.15) is 70.3 Å². The molecule has 0 saturated carbocycles. The van der Waals surface area contributed by atoms with E-state index >= 15 is 0 Å². The molecule has 1 saturated heterocycles. The van der Waals surface area contributed by atoms with Gasteiger partial charge in [-0.1, -0.05) is 75.8 Å². The van der Waals surface area contributed by atoms with E-state index in [1.165, 1.54) is 25.7 Å². The van der Waals surface area contributed by atoms with E-state index in [2.05, 4.69) is 12.2 Å². The maximum atomic E-state index is 12.9. The van der Waals surface area contributed by atoms with Crippen LogP contribution in [0.3, 0.4) is 0 Å². The molecule has 1 aliphatic rings. The van der Waals surface area contributed by atoms with E-state index in [1.807, 2.05) is 30.3 Å². The van der Waals surface area contributed by atoms with E-state index in [1.54, 1.807) is 0 Å². The summed E-state index contributed by atoms with van der Waals surface area (Å²) < 4.78 is 0. The number of nitrogens with zero attached hydrogens (tertiary/aromatic N) is 1. The predicted octanol–water partition coefficient (Wildman–Crippen LogP) is 3.19. The van der Waals surface area contributed by atoms with E-state index in [0.29, 0.717) is 6.42 Å². The van der Waals surface area contributed by atoms with Gasteiger partial charge >= 0.3 is 0 Å². The monoisotopic (exact) mass is 416 g/mol. The number of Topliss-reactive ketones (excluding diaryl/α,β-unsaturated/α-hetero) is 1. The number of rotatable bonds is 13. The summed E-state index contributed by atoms with van der Waals surface area (Å²) in [5.74, 6) is -3.76. The van der Waals surface area contributed by atoms with Crippen LogP contribution in [0.2, 0.25) is 0 Å². The number of hydrogen-bond acceptors (Lipinski definition) is 5. The molecule has 0 spiro atoms. The molecule has 7 nitrogen and oxygen atoms in total. The molecule has 0 aliphatic carbocycles. The Morgan fingerprint density at radius 1 is 1.07 bits per heavy atom. The first-order valence-corrected chi connectivity index (χ1v) is 10.9. The number of ketones is 1. The maximum absolute atomic E-state index is 12.9. The van der Waals surface area contributed by atoms with Crippen LogP contribution in [0.5, 0.6) is 0 Å². The normalized spacial score (nSPS) is 17.3. The average Bonchev–Trinajstić information content (AvgIpc) is 3.00. The SMILES string of the molecule is CCCCCCCCCC(=O)N[C@@H](Cc1ccccc1)C(=O)C1CC(=O)N(O)C1=O. The van der Waals surface area contributed by atoms with Crippen molar-refractivity contribution in [3.05, 3.63) is 35.9 Å². The van der Waals surface area contributed by atoms with Gasteiger partial charge < -0.3 is 5.32 Å². The Hall–Kier alpha value is -2.54. The van der Waals surface area contributed by atoms with Gasteiger partial charge in [0.25, 0.3) is 11.8 Å². The molecule has 1 fully saturated rings. The second-order valence-electron chi connectivity index (χ2n) is 7.88. The number of carbonyl (C=O) groups excluding carboxylic acids is 4. The second-order valence-corrected chi connectivity index (χ2v) is 7.88. The van der Waals surface area contributed by atoms with Gasteiger partial charge in [0.2, 0.25) is 5.91 Å². The lowest BCUT2D eigenvalue weighted by Gasteiger charge is -2.20. The number of unbranched alkanes of at least 4 members (excludes halogenated alkanes) is 6. The first-order chi connectivity index (χ1) is 14.4. The van der Waals surface area contributed by atoms with E-state index in [9.17, 15) is 24.4 Å². The first-order valence-electron chi connectivity index (χ1n) is 10.9. The summed E-state index contributed by atoms with van der Waals surface area (Å²) in [5, 5.41) is 12.2. The highest BCUT2D eigenvalue weighted by Gasteiger charge is 2.44. The fraction of sp³-hybridized carbons (Fsp3) is 0.565. The summed E-state index contributed by atoms with van der Waals surface area (Å²) in [6.07, 6.45) is 7.78. The molecule has 0 aromatic heterocycles. The standard InChI is InChI=1S/C23H32N2O5/c1-2-3-4-5-6-7-11-14-20(26)24-19(15-17-12-9-8-10-13-17)22(28)18-16-21(27)25(30)23(18)29/h8-10,12-13,18-19,30H,2-7,11,14-16H2,1H3,(H,24,26)/t18?,19-/m0/s1. The summed E-state index contributed by atoms with van der Waals surface area (Å²) in [6, 6.07) is 8.26. The Morgan fingerprint density at radius 2 is 1.70 bits per heavy atom. The maximum Gasteiger partial charge on any atom is 0.264 e. The third-order valence-corrected chi connectivity index (χ3v) is 5.43. The van der Waals surface area contributed by atoms with Crippen LogP contribution in [0, 0.1) is 5.92 Å². The van der Waals surface area contributed by atoms with Crippen LogP contribution < -0.4 is 5.32 Å². The summed E-state index contributed by atoms with van der Waals surface area (Å²) in [5.41, 5.74) is 0.838. The molecule has 1 heterocycles. The van der Waals surface area contributed by atoms with Crippen LogP contribution in [-0.2, 0) is 25.6 Å². The van der Waals surface area contributed by atoms with Crippen molar-refractivity contribution in [3.8, 4) is 0 Å². The molecule has 0 bridgehead atoms. The Balaban J connectivity index is 1.93. The fourth-order valence-corrected chi connectivity index (χ4v) is 3.67. The number of hydrogen-bond donors (Lipinski definition) is 2. The number of hydroxylamine groups is 2. The molecule has 0 radical (unpaired) electrons. The van der Waals surface area contributed by atoms with Crippen LogP contribution >= 0.6 is 0 Å². The number of benzene rings is 1. The fourth-order valence-electron chi connectivity index (χ4n) is 3.67. The van der Waals surface area contributed by atoms with Crippen molar-refractivity contribution >= 4 is 23.5 Å². The molecule has 164 valence electrons. The van der Waals surface area contributed by atoms with E-state index in [4.69, 9.17) is 0 Å². The van der Waals surface area contributed by atoms with Gasteiger partial charge in [-0.25, -0.2) is 0 Å². The molecule has 3 amide bonds. The molecule has 30 heavy (non-hydrogen) atoms. The third-order valence-electron chi connectivity index (χ3n) is 5.43. The molecule has 2 atom stereocenters. The Morgan fingerprint density at radius 3 is 2.30 bits per heavy atom. The number of imide groups is 1. The van der Waals surface area contributed by atoms with E-state index < -0.39 is 29.6 Å². The van der Waals surface area contributed by atoms with E-state index in [0.717, 1.165) is 24.8 Å². The highest BCUT2D eigenvalue weighted by atomic mass is 16.5. The molecule has 1 aromatic rings. The smallest absolute Gasteiger partial charge is 0.264 e. The van der Waals surface area contributed by atoms with Crippen LogP contribution in [0.15, 0.2) is 30.3 Å². The molecule has 1 unspecified atom stereocenters. The van der Waals surface area contributed by atoms with Gasteiger partial charge in [0, 0.05) is 12.8 Å². The van der Waals surface area contributed by atoms with Crippen LogP contribution in [0.4, 0.5) is 0 Å². The minimum atomic E-state index is -1.25. The highest BCUT2D eigenvalue weighted by molar-refractivity contribution is 6.14. The topological polar surface area (TPSA) is 104 Å². The zero-order valence-corrected chi connectivity index (χ0v) is 17.6. The summed E-state index contributed by atoms with van der Waals surface area (Å²) in [6.45, 7) is 2.17. The Bertz CT molecular complexity index is 734. The summed E-state index contributed by atoms with van der Waals surface area (Å²) >= 11 is 0. The second kappa shape index (κ2) is 12.2. The van der Waals surface area contributed by atoms with Gasteiger partial charge in [-0.2, -0.15) is 5.06 Å². The van der Waals surface area contributed by atoms with Crippen molar-refractivity contribution in [2.24, 2.45) is 5.92 Å². The van der Waals surface area contributed by atoms with Gasteiger partial charge in [0.05, 0.1) is 6.04 Å². The van der Waals surface area contributed by atoms with Gasteiger partial charge in [-0.3, -0.25) is 24.4 Å². The highest BCUT2D eigenvalue weighted by Crippen LogP contribution is 2.21. The summed E-state index contributed by atoms with van der Waals surface area (Å²) in [7, 11) is 0. The number of nitrogens with one attached hydrogen (secondary N) is 1. The van der Waals surface area contributed by atoms with Crippen LogP contribution in [-0.4, -0.2) is 39.8 Å². The molecule has 1 aromatic carbocycles. The lowest BCUT2D eigenvalue weighted by atomic mass is 9.92. The van der Waals surface area contributed by atoms with Crippen molar-refractivity contribution < 1.29 is 24.4 Å². The quantitative estimate of drug-likeness (QED) is 0.222. The number of amides is 3. The minimum Gasteiger partial charge on any atom is -0.346 e. The lowest BCUT2D eigenvalue weighted by Crippen LogP contribution is -2.46. The third kappa shape index (κ3) is 7.06. The molecule has 2 rings (SSSR count). The van der Waals surface area contributed by atoms with Gasteiger partial charge in [-0.05, 0) is 18.4 Å². The van der Waals surface area contributed by atoms with Gasteiger partial charge in [0.1, 0.15) is 5.92 Å². The minimum absolute atomic E-state index is 0.00249. The zero-order chi connectivity index (χ0) is 21.9. The van der Waals surface area contributed by atoms with Crippen molar-refractivity contribution in [2.75, 3.05) is 0 Å². The average molecular weight is 417 g/mol. The van der Waals surface area contributed by atoms with Crippen molar-refractivity contribution in [2.45, 2.75) is 77.2 Å². The molecule has 1 aliphatic heterocycles. The summed E-state index contributed by atoms with van der Waals surface area (Å²) in [4.78, 5) is 49.0.